The monoisotopic (exact) mass is 487 g/mol. The Bertz CT molecular complexity index is 1290. The maximum absolute atomic E-state index is 13.6. The molecule has 0 saturated carbocycles. The van der Waals surface area contributed by atoms with Crippen LogP contribution in [0.25, 0.3) is 16.3 Å². The highest BCUT2D eigenvalue weighted by Crippen LogP contribution is 2.53. The molecule has 0 aromatic heterocycles. The minimum atomic E-state index is -0.264. The maximum atomic E-state index is 13.6. The molecule has 4 heteroatoms. The van der Waals surface area contributed by atoms with E-state index in [0.717, 1.165) is 39.0 Å². The van der Waals surface area contributed by atoms with Crippen LogP contribution in [0.2, 0.25) is 0 Å². The van der Waals surface area contributed by atoms with Crippen molar-refractivity contribution in [3.05, 3.63) is 88.4 Å². The van der Waals surface area contributed by atoms with Crippen LogP contribution in [0.1, 0.15) is 43.9 Å². The molecule has 3 aromatic carbocycles. The summed E-state index contributed by atoms with van der Waals surface area (Å²) in [5.41, 5.74) is 5.14. The zero-order valence-corrected chi connectivity index (χ0v) is 20.0. The summed E-state index contributed by atoms with van der Waals surface area (Å²) >= 11 is 3.61. The van der Waals surface area contributed by atoms with Gasteiger partial charge in [0.15, 0.2) is 5.78 Å². The molecule has 0 radical (unpaired) electrons. The number of ketones is 1. The van der Waals surface area contributed by atoms with Gasteiger partial charge in [-0.2, -0.15) is 0 Å². The van der Waals surface area contributed by atoms with Crippen LogP contribution in [0.5, 0.6) is 5.75 Å². The lowest BCUT2D eigenvalue weighted by Gasteiger charge is -2.40. The molecule has 1 unspecified atom stereocenters. The number of hydrogen-bond donors (Lipinski definition) is 1. The summed E-state index contributed by atoms with van der Waals surface area (Å²) in [6.07, 6.45) is 3.14. The number of carbonyl (C=O) groups excluding carboxylic acids is 1. The summed E-state index contributed by atoms with van der Waals surface area (Å²) < 4.78 is 6.95. The second-order valence-corrected chi connectivity index (χ2v) is 10.3. The van der Waals surface area contributed by atoms with E-state index in [1.807, 2.05) is 12.1 Å². The van der Waals surface area contributed by atoms with Crippen molar-refractivity contribution in [1.82, 2.24) is 0 Å². The summed E-state index contributed by atoms with van der Waals surface area (Å²) in [6.45, 7) is 8.56. The van der Waals surface area contributed by atoms with Gasteiger partial charge in [-0.15, -0.1) is 0 Å². The number of carbonyl (C=O) groups is 1. The van der Waals surface area contributed by atoms with Crippen LogP contribution in [0.3, 0.4) is 0 Å². The van der Waals surface area contributed by atoms with Crippen LogP contribution in [-0.4, -0.2) is 12.4 Å². The molecule has 162 valence electrons. The van der Waals surface area contributed by atoms with Gasteiger partial charge >= 0.3 is 0 Å². The second kappa shape index (κ2) is 7.93. The molecule has 3 nitrogen and oxygen atoms in total. The molecule has 1 N–H and O–H groups in total. The minimum Gasteiger partial charge on any atom is -0.489 e. The molecule has 1 heterocycles. The normalized spacial score (nSPS) is 19.2. The van der Waals surface area contributed by atoms with Crippen molar-refractivity contribution < 1.29 is 9.53 Å². The van der Waals surface area contributed by atoms with Gasteiger partial charge in [0.25, 0.3) is 0 Å². The van der Waals surface area contributed by atoms with E-state index in [-0.39, 0.29) is 17.2 Å². The van der Waals surface area contributed by atoms with E-state index in [9.17, 15) is 4.79 Å². The smallest absolute Gasteiger partial charge is 0.162 e. The first-order chi connectivity index (χ1) is 15.4. The van der Waals surface area contributed by atoms with Crippen LogP contribution >= 0.6 is 15.9 Å². The Balaban J connectivity index is 1.77. The third kappa shape index (κ3) is 3.57. The van der Waals surface area contributed by atoms with E-state index in [1.165, 1.54) is 16.3 Å². The Kier molecular flexibility index (Phi) is 5.21. The summed E-state index contributed by atoms with van der Waals surface area (Å²) in [5, 5.41) is 6.07. The van der Waals surface area contributed by atoms with Gasteiger partial charge in [0.05, 0.1) is 6.04 Å². The summed E-state index contributed by atoms with van der Waals surface area (Å²) in [7, 11) is 0. The molecule has 1 aliphatic heterocycles. The van der Waals surface area contributed by atoms with E-state index in [1.54, 1.807) is 6.08 Å². The van der Waals surface area contributed by atoms with E-state index >= 15 is 0 Å². The van der Waals surface area contributed by atoms with Crippen molar-refractivity contribution in [1.29, 1.82) is 0 Å². The first kappa shape index (κ1) is 21.0. The van der Waals surface area contributed by atoms with Gasteiger partial charge in [0.2, 0.25) is 0 Å². The molecule has 0 spiro atoms. The van der Waals surface area contributed by atoms with Crippen LogP contribution in [-0.2, 0) is 4.79 Å². The third-order valence-corrected chi connectivity index (χ3v) is 6.87. The van der Waals surface area contributed by atoms with E-state index in [4.69, 9.17) is 4.74 Å². The number of nitrogens with one attached hydrogen (secondary N) is 1. The van der Waals surface area contributed by atoms with Crippen molar-refractivity contribution in [2.45, 2.75) is 32.7 Å². The van der Waals surface area contributed by atoms with Crippen LogP contribution < -0.4 is 10.1 Å². The quantitative estimate of drug-likeness (QED) is 0.387. The lowest BCUT2D eigenvalue weighted by molar-refractivity contribution is -0.118. The Hall–Kier alpha value is -2.85. The molecular weight excluding hydrogens is 462 g/mol. The van der Waals surface area contributed by atoms with E-state index < -0.39 is 0 Å². The Morgan fingerprint density at radius 2 is 1.97 bits per heavy atom. The fraction of sp³-hybridized carbons (Fsp3) is 0.250. The molecule has 0 bridgehead atoms. The van der Waals surface area contributed by atoms with Gasteiger partial charge in [-0.25, -0.2) is 0 Å². The van der Waals surface area contributed by atoms with Gasteiger partial charge in [-0.3, -0.25) is 4.79 Å². The number of fused-ring (bicyclic) bond motifs is 4. The Morgan fingerprint density at radius 3 is 2.78 bits per heavy atom. The summed E-state index contributed by atoms with van der Waals surface area (Å²) in [4.78, 5) is 13.6. The number of ether oxygens (including phenoxy) is 1. The predicted molar refractivity (Wildman–Crippen MR) is 135 cm³/mol. The third-order valence-electron chi connectivity index (χ3n) is 6.38. The van der Waals surface area contributed by atoms with Gasteiger partial charge in [-0.1, -0.05) is 72.8 Å². The number of allylic oxidation sites excluding steroid dienone is 1. The number of rotatable bonds is 4. The van der Waals surface area contributed by atoms with Crippen LogP contribution in [0, 0.1) is 5.41 Å². The zero-order chi connectivity index (χ0) is 22.5. The molecule has 1 atom stereocenters. The van der Waals surface area contributed by atoms with E-state index in [2.05, 4.69) is 84.1 Å². The lowest BCUT2D eigenvalue weighted by atomic mass is 9.68. The number of halogens is 1. The fourth-order valence-electron chi connectivity index (χ4n) is 5.10. The van der Waals surface area contributed by atoms with Gasteiger partial charge in [-0.05, 0) is 52.4 Å². The lowest BCUT2D eigenvalue weighted by Crippen LogP contribution is -2.33. The van der Waals surface area contributed by atoms with Gasteiger partial charge in [0.1, 0.15) is 12.4 Å². The van der Waals surface area contributed by atoms with Crippen molar-refractivity contribution in [2.24, 2.45) is 5.41 Å². The first-order valence-corrected chi connectivity index (χ1v) is 11.8. The summed E-state index contributed by atoms with van der Waals surface area (Å²) in [5.74, 6) is 0.973. The van der Waals surface area contributed by atoms with Gasteiger partial charge in [0, 0.05) is 33.3 Å². The average Bonchev–Trinajstić information content (AvgIpc) is 2.76. The molecule has 2 aliphatic rings. The molecule has 32 heavy (non-hydrogen) atoms. The molecule has 1 aliphatic carbocycles. The first-order valence-electron chi connectivity index (χ1n) is 11.0. The molecule has 0 saturated heterocycles. The SMILES string of the molecule is C=CCOc1ccc(Br)cc1C1Nc2ccc3ccccc3c2C2=C1C(=O)CC(C)(C)C2. The highest BCUT2D eigenvalue weighted by atomic mass is 79.9. The van der Waals surface area contributed by atoms with Crippen LogP contribution in [0.4, 0.5) is 5.69 Å². The predicted octanol–water partition coefficient (Wildman–Crippen LogP) is 7.48. The molecule has 0 fully saturated rings. The van der Waals surface area contributed by atoms with Crippen molar-refractivity contribution in [3.63, 3.8) is 0 Å². The average molecular weight is 488 g/mol. The van der Waals surface area contributed by atoms with Crippen molar-refractivity contribution >= 4 is 43.7 Å². The summed E-state index contributed by atoms with van der Waals surface area (Å²) in [6, 6.07) is 18.4. The highest BCUT2D eigenvalue weighted by Gasteiger charge is 2.41. The maximum Gasteiger partial charge on any atom is 0.162 e. The number of Topliss-reactive ketones (excluding diaryl/α,β-unsaturated/α-hetero) is 1. The van der Waals surface area contributed by atoms with Crippen LogP contribution in [0.15, 0.2) is 77.3 Å². The topological polar surface area (TPSA) is 38.3 Å². The number of benzene rings is 3. The van der Waals surface area contributed by atoms with Gasteiger partial charge < -0.3 is 10.1 Å². The second-order valence-electron chi connectivity index (χ2n) is 9.40. The zero-order valence-electron chi connectivity index (χ0n) is 18.4. The molecule has 5 rings (SSSR count). The standard InChI is InChI=1S/C28H26BrNO2/c1-4-13-32-24-12-10-18(29)14-20(24)27-26-21(15-28(2,3)16-23(26)31)25-19-8-6-5-7-17(19)9-11-22(25)30-27/h4-12,14,27,30H,1,13,15-16H2,2-3H3. The molecule has 0 amide bonds. The fourth-order valence-corrected chi connectivity index (χ4v) is 5.47. The molecular formula is C28H26BrNO2. The molecule has 3 aromatic rings. The highest BCUT2D eigenvalue weighted by molar-refractivity contribution is 9.10. The number of hydrogen-bond acceptors (Lipinski definition) is 3. The minimum absolute atomic E-state index is 0.0779. The van der Waals surface area contributed by atoms with E-state index in [0.29, 0.717) is 13.0 Å². The Morgan fingerprint density at radius 1 is 1.16 bits per heavy atom. The number of anilines is 1. The Labute approximate surface area is 197 Å². The van der Waals surface area contributed by atoms with Crippen molar-refractivity contribution in [2.75, 3.05) is 11.9 Å². The largest absolute Gasteiger partial charge is 0.489 e. The van der Waals surface area contributed by atoms with Crippen molar-refractivity contribution in [3.8, 4) is 5.75 Å².